The number of hydrogen-bond acceptors (Lipinski definition) is 3. The van der Waals surface area contributed by atoms with E-state index in [0.717, 1.165) is 32.2 Å². The van der Waals surface area contributed by atoms with Crippen molar-refractivity contribution in [2.45, 2.75) is 84.9 Å². The Morgan fingerprint density at radius 3 is 1.95 bits per heavy atom. The van der Waals surface area contributed by atoms with Gasteiger partial charge in [-0.25, -0.2) is 4.79 Å². The summed E-state index contributed by atoms with van der Waals surface area (Å²) in [6, 6.07) is 0.850. The van der Waals surface area contributed by atoms with Gasteiger partial charge in [0.1, 0.15) is 5.60 Å². The summed E-state index contributed by atoms with van der Waals surface area (Å²) >= 11 is 0. The summed E-state index contributed by atoms with van der Waals surface area (Å²) in [6.07, 6.45) is 4.01. The van der Waals surface area contributed by atoms with Gasteiger partial charge in [-0.05, 0) is 51.9 Å². The van der Waals surface area contributed by atoms with Crippen molar-refractivity contribution in [3.63, 3.8) is 0 Å². The van der Waals surface area contributed by atoms with Crippen LogP contribution in [0.15, 0.2) is 0 Å². The molecule has 2 N–H and O–H groups in total. The fraction of sp³-hybridized carbons (Fsp3) is 0.938. The Morgan fingerprint density at radius 1 is 1.00 bits per heavy atom. The molecule has 0 aromatic rings. The molecule has 1 aliphatic rings. The second-order valence-electron chi connectivity index (χ2n) is 8.14. The molecule has 4 heteroatoms. The summed E-state index contributed by atoms with van der Waals surface area (Å²) in [5.41, 5.74) is -0.0961. The highest BCUT2D eigenvalue weighted by molar-refractivity contribution is 5.68. The minimum atomic E-state index is -0.421. The molecule has 0 unspecified atom stereocenters. The Hall–Kier alpha value is -0.770. The number of carbonyl (C=O) groups is 1. The van der Waals surface area contributed by atoms with Gasteiger partial charge in [0, 0.05) is 18.6 Å². The second-order valence-corrected chi connectivity index (χ2v) is 8.14. The zero-order valence-corrected chi connectivity index (χ0v) is 14.0. The quantitative estimate of drug-likeness (QED) is 0.834. The molecule has 4 nitrogen and oxygen atoms in total. The van der Waals surface area contributed by atoms with Crippen molar-refractivity contribution in [3.05, 3.63) is 0 Å². The molecule has 1 aliphatic carbocycles. The van der Waals surface area contributed by atoms with Crippen molar-refractivity contribution in [1.29, 1.82) is 0 Å². The van der Waals surface area contributed by atoms with Crippen LogP contribution in [0, 0.1) is 5.41 Å². The van der Waals surface area contributed by atoms with Crippen molar-refractivity contribution in [2.24, 2.45) is 5.41 Å². The van der Waals surface area contributed by atoms with Crippen LogP contribution in [0.2, 0.25) is 0 Å². The lowest BCUT2D eigenvalue weighted by Crippen LogP contribution is -2.45. The first-order chi connectivity index (χ1) is 9.05. The topological polar surface area (TPSA) is 50.4 Å². The SMILES string of the molecule is CC(C)(C)CNC1CCC(NC(=O)OC(C)(C)C)CC1. The third-order valence-corrected chi connectivity index (χ3v) is 3.37. The first kappa shape index (κ1) is 17.3. The molecular formula is C16H32N2O2. The maximum Gasteiger partial charge on any atom is 0.407 e. The lowest BCUT2D eigenvalue weighted by molar-refractivity contribution is 0.0489. The Kier molecular flexibility index (Phi) is 5.87. The van der Waals surface area contributed by atoms with E-state index in [1.165, 1.54) is 0 Å². The molecule has 1 rings (SSSR count). The van der Waals surface area contributed by atoms with E-state index < -0.39 is 5.60 Å². The van der Waals surface area contributed by atoms with Crippen LogP contribution < -0.4 is 10.6 Å². The smallest absolute Gasteiger partial charge is 0.407 e. The number of nitrogens with one attached hydrogen (secondary N) is 2. The van der Waals surface area contributed by atoms with E-state index in [1.807, 2.05) is 20.8 Å². The van der Waals surface area contributed by atoms with E-state index in [2.05, 4.69) is 31.4 Å². The van der Waals surface area contributed by atoms with Crippen LogP contribution in [-0.4, -0.2) is 30.3 Å². The standard InChI is InChI=1S/C16H32N2O2/c1-15(2,3)11-17-12-7-9-13(10-8-12)18-14(19)20-16(4,5)6/h12-13,17H,7-11H2,1-6H3,(H,18,19). The van der Waals surface area contributed by atoms with Crippen LogP contribution >= 0.6 is 0 Å². The monoisotopic (exact) mass is 284 g/mol. The predicted molar refractivity (Wildman–Crippen MR) is 82.9 cm³/mol. The van der Waals surface area contributed by atoms with Crippen LogP contribution in [0.25, 0.3) is 0 Å². The molecule has 118 valence electrons. The largest absolute Gasteiger partial charge is 0.444 e. The molecule has 0 aromatic heterocycles. The average molecular weight is 284 g/mol. The molecule has 1 amide bonds. The van der Waals surface area contributed by atoms with Gasteiger partial charge in [-0.3, -0.25) is 0 Å². The molecule has 0 radical (unpaired) electrons. The lowest BCUT2D eigenvalue weighted by atomic mass is 9.89. The zero-order valence-electron chi connectivity index (χ0n) is 14.0. The highest BCUT2D eigenvalue weighted by Crippen LogP contribution is 2.20. The van der Waals surface area contributed by atoms with E-state index in [9.17, 15) is 4.79 Å². The van der Waals surface area contributed by atoms with Gasteiger partial charge in [0.2, 0.25) is 0 Å². The predicted octanol–water partition coefficient (Wildman–Crippen LogP) is 3.46. The number of alkyl carbamates (subject to hydrolysis) is 1. The number of rotatable bonds is 3. The van der Waals surface area contributed by atoms with Crippen molar-refractivity contribution in [3.8, 4) is 0 Å². The fourth-order valence-electron chi connectivity index (χ4n) is 2.37. The molecule has 1 fully saturated rings. The van der Waals surface area contributed by atoms with Crippen LogP contribution in [0.1, 0.15) is 67.2 Å². The maximum atomic E-state index is 11.7. The average Bonchev–Trinajstić information content (AvgIpc) is 2.24. The molecular weight excluding hydrogens is 252 g/mol. The van der Waals surface area contributed by atoms with Crippen molar-refractivity contribution >= 4 is 6.09 Å². The summed E-state index contributed by atoms with van der Waals surface area (Å²) in [7, 11) is 0. The van der Waals surface area contributed by atoms with Gasteiger partial charge in [0.05, 0.1) is 0 Å². The van der Waals surface area contributed by atoms with Crippen LogP contribution in [0.4, 0.5) is 4.79 Å². The zero-order chi connectivity index (χ0) is 15.4. The summed E-state index contributed by atoms with van der Waals surface area (Å²) in [4.78, 5) is 11.7. The Labute approximate surface area is 124 Å². The second kappa shape index (κ2) is 6.79. The Bertz CT molecular complexity index is 307. The third-order valence-electron chi connectivity index (χ3n) is 3.37. The fourth-order valence-corrected chi connectivity index (χ4v) is 2.37. The molecule has 0 aliphatic heterocycles. The van der Waals surface area contributed by atoms with Crippen molar-refractivity contribution in [1.82, 2.24) is 10.6 Å². The molecule has 20 heavy (non-hydrogen) atoms. The van der Waals surface area contributed by atoms with Gasteiger partial charge in [0.25, 0.3) is 0 Å². The molecule has 0 aromatic carbocycles. The van der Waals surface area contributed by atoms with Crippen LogP contribution in [0.3, 0.4) is 0 Å². The van der Waals surface area contributed by atoms with Crippen LogP contribution in [-0.2, 0) is 4.74 Å². The highest BCUT2D eigenvalue weighted by atomic mass is 16.6. The Balaban J connectivity index is 2.24. The van der Waals surface area contributed by atoms with E-state index in [-0.39, 0.29) is 12.1 Å². The van der Waals surface area contributed by atoms with Gasteiger partial charge < -0.3 is 15.4 Å². The third kappa shape index (κ3) is 7.73. The molecule has 0 atom stereocenters. The van der Waals surface area contributed by atoms with E-state index in [1.54, 1.807) is 0 Å². The molecule has 0 heterocycles. The summed E-state index contributed by atoms with van der Waals surface area (Å²) in [6.45, 7) is 13.4. The van der Waals surface area contributed by atoms with Gasteiger partial charge in [0.15, 0.2) is 0 Å². The summed E-state index contributed by atoms with van der Waals surface area (Å²) < 4.78 is 5.29. The first-order valence-electron chi connectivity index (χ1n) is 7.78. The van der Waals surface area contributed by atoms with E-state index in [4.69, 9.17) is 4.74 Å². The number of carbonyl (C=O) groups excluding carboxylic acids is 1. The molecule has 1 saturated carbocycles. The molecule has 0 saturated heterocycles. The van der Waals surface area contributed by atoms with Gasteiger partial charge >= 0.3 is 6.09 Å². The lowest BCUT2D eigenvalue weighted by Gasteiger charge is -2.32. The van der Waals surface area contributed by atoms with Crippen molar-refractivity contribution < 1.29 is 9.53 Å². The normalized spacial score (nSPS) is 24.3. The van der Waals surface area contributed by atoms with Gasteiger partial charge in [-0.2, -0.15) is 0 Å². The minimum absolute atomic E-state index is 0.262. The van der Waals surface area contributed by atoms with E-state index in [0.29, 0.717) is 11.5 Å². The van der Waals surface area contributed by atoms with Gasteiger partial charge in [-0.1, -0.05) is 20.8 Å². The first-order valence-corrected chi connectivity index (χ1v) is 7.78. The highest BCUT2D eigenvalue weighted by Gasteiger charge is 2.25. The Morgan fingerprint density at radius 2 is 1.50 bits per heavy atom. The van der Waals surface area contributed by atoms with Crippen molar-refractivity contribution in [2.75, 3.05) is 6.54 Å². The maximum absolute atomic E-state index is 11.7. The minimum Gasteiger partial charge on any atom is -0.444 e. The molecule has 0 spiro atoms. The van der Waals surface area contributed by atoms with Gasteiger partial charge in [-0.15, -0.1) is 0 Å². The number of amides is 1. The number of ether oxygens (including phenoxy) is 1. The van der Waals surface area contributed by atoms with Crippen LogP contribution in [0.5, 0.6) is 0 Å². The number of hydrogen-bond donors (Lipinski definition) is 2. The summed E-state index contributed by atoms with van der Waals surface area (Å²) in [5, 5.41) is 6.61. The molecule has 0 bridgehead atoms. The van der Waals surface area contributed by atoms with E-state index >= 15 is 0 Å². The summed E-state index contributed by atoms with van der Waals surface area (Å²) in [5.74, 6) is 0.